The van der Waals surface area contributed by atoms with Gasteiger partial charge in [0.2, 0.25) is 0 Å². The number of hydrogen-bond donors (Lipinski definition) is 3. The molecule has 1 aromatic heterocycles. The van der Waals surface area contributed by atoms with Crippen molar-refractivity contribution in [1.82, 2.24) is 0 Å². The van der Waals surface area contributed by atoms with Gasteiger partial charge in [-0.25, -0.2) is 4.79 Å². The fourth-order valence-electron chi connectivity index (χ4n) is 5.65. The molecule has 3 aliphatic rings. The number of carbonyl (C=O) groups excluding carboxylic acids is 1. The van der Waals surface area contributed by atoms with E-state index in [0.717, 1.165) is 0 Å². The molecule has 2 aromatic rings. The SMILES string of the molecule is Cc1cc(=O)c2c(O)c3c(cc2o1)OC(C)(C)[C@@H]1OC(=O)[C@@]2(CCC[C@@H]31)O[C@@H]2CCCN=C(N)N. The van der Waals surface area contributed by atoms with E-state index in [1.807, 2.05) is 13.8 Å². The summed E-state index contributed by atoms with van der Waals surface area (Å²) in [4.78, 5) is 30.0. The number of aromatic hydroxyl groups is 1. The summed E-state index contributed by atoms with van der Waals surface area (Å²) in [7, 11) is 0. The largest absolute Gasteiger partial charge is 0.507 e. The predicted octanol–water partition coefficient (Wildman–Crippen LogP) is 2.35. The van der Waals surface area contributed by atoms with E-state index < -0.39 is 23.3 Å². The molecule has 1 aromatic carbocycles. The molecule has 3 aliphatic heterocycles. The normalized spacial score (nSPS) is 28.8. The number of aryl methyl sites for hydroxylation is 1. The Morgan fingerprint density at radius 3 is 2.77 bits per heavy atom. The Balaban J connectivity index is 1.45. The lowest BCUT2D eigenvalue weighted by atomic mass is 9.76. The van der Waals surface area contributed by atoms with E-state index in [1.54, 1.807) is 13.0 Å². The number of rotatable bonds is 4. The van der Waals surface area contributed by atoms with Crippen LogP contribution in [0.3, 0.4) is 0 Å². The summed E-state index contributed by atoms with van der Waals surface area (Å²) in [6.07, 6.45) is 2.22. The first-order valence-corrected chi connectivity index (χ1v) is 12.0. The van der Waals surface area contributed by atoms with E-state index in [4.69, 9.17) is 30.1 Å². The summed E-state index contributed by atoms with van der Waals surface area (Å²) in [6, 6.07) is 2.99. The minimum Gasteiger partial charge on any atom is -0.507 e. The van der Waals surface area contributed by atoms with Gasteiger partial charge in [0.15, 0.2) is 17.0 Å². The van der Waals surface area contributed by atoms with Crippen LogP contribution in [-0.2, 0) is 14.3 Å². The molecular weight excluding hydrogens is 454 g/mol. The topological polar surface area (TPSA) is 163 Å². The van der Waals surface area contributed by atoms with Crippen molar-refractivity contribution in [2.45, 2.75) is 82.2 Å². The van der Waals surface area contributed by atoms with Gasteiger partial charge in [0.05, 0.1) is 6.10 Å². The standard InChI is InChI=1S/C25H31N3O7/c1-12-10-14(29)19-15(32-12)11-16-18(20(19)30)13-6-4-8-25(17(35-25)7-5-9-28-23(26)27)22(31)33-21(13)24(2,3)34-16/h10-11,13,17,21,30H,4-9H2,1-3H3,(H4,26,27,28)/t13-,17+,21+,25-/m0/s1. The number of nitrogens with two attached hydrogens (primary N) is 2. The highest BCUT2D eigenvalue weighted by molar-refractivity contribution is 5.88. The molecule has 10 heteroatoms. The number of benzene rings is 1. The second-order valence-corrected chi connectivity index (χ2v) is 10.2. The highest BCUT2D eigenvalue weighted by Crippen LogP contribution is 2.54. The maximum atomic E-state index is 13.3. The second-order valence-electron chi connectivity index (χ2n) is 10.2. The van der Waals surface area contributed by atoms with Gasteiger partial charge in [-0.3, -0.25) is 9.79 Å². The summed E-state index contributed by atoms with van der Waals surface area (Å²) in [5.74, 6) is -0.0346. The van der Waals surface area contributed by atoms with E-state index in [1.165, 1.54) is 6.07 Å². The third-order valence-electron chi connectivity index (χ3n) is 7.29. The molecule has 4 atom stereocenters. The summed E-state index contributed by atoms with van der Waals surface area (Å²) in [6.45, 7) is 5.85. The van der Waals surface area contributed by atoms with E-state index in [-0.39, 0.29) is 40.1 Å². The quantitative estimate of drug-likeness (QED) is 0.194. The van der Waals surface area contributed by atoms with Gasteiger partial charge in [-0.05, 0) is 52.9 Å². The van der Waals surface area contributed by atoms with Crippen LogP contribution >= 0.6 is 0 Å². The van der Waals surface area contributed by atoms with Crippen LogP contribution in [0.1, 0.15) is 63.2 Å². The van der Waals surface area contributed by atoms with Gasteiger partial charge in [0.1, 0.15) is 39.9 Å². The lowest BCUT2D eigenvalue weighted by Gasteiger charge is -2.45. The average Bonchev–Trinajstić information content (AvgIpc) is 3.45. The molecule has 0 aliphatic carbocycles. The molecule has 0 amide bonds. The summed E-state index contributed by atoms with van der Waals surface area (Å²) in [5, 5.41) is 11.3. The second kappa shape index (κ2) is 8.15. The highest BCUT2D eigenvalue weighted by Gasteiger charge is 2.65. The first-order chi connectivity index (χ1) is 16.5. The van der Waals surface area contributed by atoms with Crippen LogP contribution in [0.2, 0.25) is 0 Å². The molecule has 0 saturated carbocycles. The van der Waals surface area contributed by atoms with Crippen LogP contribution < -0.4 is 21.6 Å². The number of carbonyl (C=O) groups is 1. The average molecular weight is 486 g/mol. The number of fused-ring (bicyclic) bond motifs is 4. The lowest BCUT2D eigenvalue weighted by Crippen LogP contribution is -2.53. The zero-order valence-corrected chi connectivity index (χ0v) is 20.1. The molecule has 0 unspecified atom stereocenters. The molecule has 2 saturated heterocycles. The molecule has 0 bridgehead atoms. The summed E-state index contributed by atoms with van der Waals surface area (Å²) in [5.41, 5.74) is 9.30. The van der Waals surface area contributed by atoms with Crippen LogP contribution in [0, 0.1) is 6.92 Å². The summed E-state index contributed by atoms with van der Waals surface area (Å²) >= 11 is 0. The highest BCUT2D eigenvalue weighted by atomic mass is 16.7. The van der Waals surface area contributed by atoms with Gasteiger partial charge < -0.3 is 35.2 Å². The Labute approximate surface area is 202 Å². The van der Waals surface area contributed by atoms with Gasteiger partial charge in [-0.15, -0.1) is 0 Å². The van der Waals surface area contributed by atoms with Gasteiger partial charge >= 0.3 is 5.97 Å². The molecule has 4 heterocycles. The monoisotopic (exact) mass is 485 g/mol. The van der Waals surface area contributed by atoms with Crippen LogP contribution in [0.5, 0.6) is 11.5 Å². The Kier molecular flexibility index (Phi) is 5.47. The Morgan fingerprint density at radius 2 is 2.03 bits per heavy atom. The Hall–Kier alpha value is -3.27. The van der Waals surface area contributed by atoms with Gasteiger partial charge in [-0.2, -0.15) is 0 Å². The Morgan fingerprint density at radius 1 is 1.26 bits per heavy atom. The number of aliphatic imine (C=N–C) groups is 1. The van der Waals surface area contributed by atoms with Crippen molar-refractivity contribution in [1.29, 1.82) is 0 Å². The van der Waals surface area contributed by atoms with E-state index >= 15 is 0 Å². The molecule has 188 valence electrons. The number of ether oxygens (including phenoxy) is 3. The molecule has 2 fully saturated rings. The van der Waals surface area contributed by atoms with Gasteiger partial charge in [0.25, 0.3) is 0 Å². The first kappa shape index (κ1) is 23.5. The number of phenols is 1. The van der Waals surface area contributed by atoms with Crippen molar-refractivity contribution in [3.63, 3.8) is 0 Å². The van der Waals surface area contributed by atoms with Gasteiger partial charge in [0, 0.05) is 30.2 Å². The fourth-order valence-corrected chi connectivity index (χ4v) is 5.65. The maximum Gasteiger partial charge on any atom is 0.341 e. The predicted molar refractivity (Wildman–Crippen MR) is 128 cm³/mol. The van der Waals surface area contributed by atoms with Crippen molar-refractivity contribution in [3.8, 4) is 11.5 Å². The van der Waals surface area contributed by atoms with Crippen molar-refractivity contribution in [2.24, 2.45) is 16.5 Å². The van der Waals surface area contributed by atoms with E-state index in [9.17, 15) is 14.7 Å². The van der Waals surface area contributed by atoms with Crippen LogP contribution in [-0.4, -0.2) is 47.0 Å². The van der Waals surface area contributed by atoms with Crippen LogP contribution in [0.25, 0.3) is 11.0 Å². The number of guanidine groups is 1. The van der Waals surface area contributed by atoms with E-state index in [2.05, 4.69) is 4.99 Å². The van der Waals surface area contributed by atoms with Crippen LogP contribution in [0.15, 0.2) is 26.3 Å². The zero-order valence-electron chi connectivity index (χ0n) is 20.1. The number of epoxide rings is 1. The molecule has 35 heavy (non-hydrogen) atoms. The molecule has 0 radical (unpaired) electrons. The van der Waals surface area contributed by atoms with Gasteiger partial charge in [-0.1, -0.05) is 0 Å². The number of hydrogen-bond acceptors (Lipinski definition) is 8. The fraction of sp³-hybridized carbons (Fsp3) is 0.560. The summed E-state index contributed by atoms with van der Waals surface area (Å²) < 4.78 is 23.9. The molecule has 5 rings (SSSR count). The third-order valence-corrected chi connectivity index (χ3v) is 7.29. The number of nitrogens with zero attached hydrogens (tertiary/aromatic N) is 1. The minimum absolute atomic E-state index is 0.0385. The smallest absolute Gasteiger partial charge is 0.341 e. The molecule has 10 nitrogen and oxygen atoms in total. The maximum absolute atomic E-state index is 13.3. The van der Waals surface area contributed by atoms with Crippen molar-refractivity contribution < 1.29 is 28.5 Å². The van der Waals surface area contributed by atoms with E-state index in [0.29, 0.717) is 55.7 Å². The van der Waals surface area contributed by atoms with Crippen molar-refractivity contribution in [2.75, 3.05) is 6.54 Å². The van der Waals surface area contributed by atoms with Crippen molar-refractivity contribution >= 4 is 22.9 Å². The molecule has 5 N–H and O–H groups in total. The van der Waals surface area contributed by atoms with Crippen LogP contribution in [0.4, 0.5) is 0 Å². The molecular formula is C25H31N3O7. The number of phenolic OH excluding ortho intramolecular Hbond substituents is 1. The Bertz CT molecular complexity index is 1280. The lowest BCUT2D eigenvalue weighted by molar-refractivity contribution is -0.173. The zero-order chi connectivity index (χ0) is 25.1. The van der Waals surface area contributed by atoms with Crippen molar-refractivity contribution in [3.05, 3.63) is 33.7 Å². The number of esters is 1. The minimum atomic E-state index is -0.969. The molecule has 1 spiro atoms. The first-order valence-electron chi connectivity index (χ1n) is 12.0. The third kappa shape index (κ3) is 3.89.